The smallest absolute Gasteiger partial charge is 0.203 e. The number of nitrogens with zero attached hydrogens (tertiary/aromatic N) is 2. The number of methoxy groups -OCH3 is 3. The van der Waals surface area contributed by atoms with Crippen LogP contribution in [0.2, 0.25) is 0 Å². The van der Waals surface area contributed by atoms with Gasteiger partial charge in [0.2, 0.25) is 5.75 Å². The molecule has 0 spiro atoms. The van der Waals surface area contributed by atoms with Crippen LogP contribution in [0.25, 0.3) is 0 Å². The summed E-state index contributed by atoms with van der Waals surface area (Å²) >= 11 is 0. The molecule has 0 atom stereocenters. The number of ether oxygens (including phenoxy) is 3. The van der Waals surface area contributed by atoms with Crippen LogP contribution < -0.4 is 24.8 Å². The van der Waals surface area contributed by atoms with Crippen LogP contribution in [0.3, 0.4) is 0 Å². The van der Waals surface area contributed by atoms with E-state index in [1.165, 1.54) is 0 Å². The van der Waals surface area contributed by atoms with Crippen molar-refractivity contribution >= 4 is 29.9 Å². The van der Waals surface area contributed by atoms with Crippen LogP contribution in [-0.2, 0) is 13.1 Å². The summed E-state index contributed by atoms with van der Waals surface area (Å²) in [5.74, 6) is 2.43. The van der Waals surface area contributed by atoms with Crippen LogP contribution in [0, 0.1) is 11.3 Å². The lowest BCUT2D eigenvalue weighted by Crippen LogP contribution is -2.36. The molecule has 156 valence electrons. The molecule has 29 heavy (non-hydrogen) atoms. The van der Waals surface area contributed by atoms with Gasteiger partial charge in [-0.3, -0.25) is 0 Å². The molecular weight excluding hydrogens is 483 g/mol. The summed E-state index contributed by atoms with van der Waals surface area (Å²) in [5, 5.41) is 15.5. The number of nitriles is 1. The molecule has 0 amide bonds. The number of guanidine groups is 1. The largest absolute Gasteiger partial charge is 0.493 e. The molecule has 2 rings (SSSR count). The number of nitrogens with one attached hydrogen (secondary N) is 2. The second-order valence-corrected chi connectivity index (χ2v) is 5.89. The van der Waals surface area contributed by atoms with Gasteiger partial charge in [-0.2, -0.15) is 5.26 Å². The molecule has 0 saturated heterocycles. The van der Waals surface area contributed by atoms with Crippen molar-refractivity contribution in [3.63, 3.8) is 0 Å². The first-order valence-corrected chi connectivity index (χ1v) is 8.95. The fourth-order valence-electron chi connectivity index (χ4n) is 2.68. The zero-order valence-corrected chi connectivity index (χ0v) is 19.4. The zero-order valence-electron chi connectivity index (χ0n) is 17.1. The highest BCUT2D eigenvalue weighted by atomic mass is 127. The lowest BCUT2D eigenvalue weighted by atomic mass is 10.1. The summed E-state index contributed by atoms with van der Waals surface area (Å²) in [6.07, 6.45) is 0. The number of hydrogen-bond donors (Lipinski definition) is 2. The Bertz CT molecular complexity index is 840. The first-order chi connectivity index (χ1) is 13.6. The number of hydrogen-bond acceptors (Lipinski definition) is 5. The molecule has 0 fully saturated rings. The third-order valence-electron chi connectivity index (χ3n) is 4.00. The molecule has 0 aromatic heterocycles. The molecule has 0 saturated carbocycles. The molecule has 0 aliphatic heterocycles. The first kappa shape index (κ1) is 24.4. The van der Waals surface area contributed by atoms with Gasteiger partial charge in [-0.1, -0.05) is 12.1 Å². The van der Waals surface area contributed by atoms with Crippen LogP contribution in [0.15, 0.2) is 41.4 Å². The number of rotatable bonds is 8. The van der Waals surface area contributed by atoms with E-state index in [1.807, 2.05) is 37.3 Å². The molecule has 0 heterocycles. The van der Waals surface area contributed by atoms with Gasteiger partial charge in [0, 0.05) is 13.1 Å². The van der Waals surface area contributed by atoms with E-state index in [1.54, 1.807) is 27.4 Å². The second kappa shape index (κ2) is 12.7. The van der Waals surface area contributed by atoms with Crippen LogP contribution >= 0.6 is 24.0 Å². The summed E-state index contributed by atoms with van der Waals surface area (Å²) in [5.41, 5.74) is 2.58. The lowest BCUT2D eigenvalue weighted by Gasteiger charge is -2.14. The van der Waals surface area contributed by atoms with Gasteiger partial charge >= 0.3 is 0 Å². The predicted molar refractivity (Wildman–Crippen MR) is 124 cm³/mol. The summed E-state index contributed by atoms with van der Waals surface area (Å²) in [6.45, 7) is 3.74. The summed E-state index contributed by atoms with van der Waals surface area (Å²) in [4.78, 5) is 4.63. The number of halogens is 1. The minimum atomic E-state index is 0. The fourth-order valence-corrected chi connectivity index (χ4v) is 2.68. The van der Waals surface area contributed by atoms with E-state index in [2.05, 4.69) is 21.7 Å². The molecule has 2 aromatic carbocycles. The Morgan fingerprint density at radius 1 is 1.00 bits per heavy atom. The highest BCUT2D eigenvalue weighted by Crippen LogP contribution is 2.38. The van der Waals surface area contributed by atoms with Crippen LogP contribution in [-0.4, -0.2) is 33.8 Å². The monoisotopic (exact) mass is 510 g/mol. The first-order valence-electron chi connectivity index (χ1n) is 8.95. The summed E-state index contributed by atoms with van der Waals surface area (Å²) < 4.78 is 16.1. The van der Waals surface area contributed by atoms with Gasteiger partial charge in [0.15, 0.2) is 17.5 Å². The Kier molecular flexibility index (Phi) is 10.7. The minimum Gasteiger partial charge on any atom is -0.493 e. The maximum atomic E-state index is 9.02. The van der Waals surface area contributed by atoms with Crippen molar-refractivity contribution in [3.05, 3.63) is 53.1 Å². The van der Waals surface area contributed by atoms with Crippen LogP contribution in [0.4, 0.5) is 0 Å². The van der Waals surface area contributed by atoms with Gasteiger partial charge in [-0.25, -0.2) is 4.99 Å². The highest BCUT2D eigenvalue weighted by Gasteiger charge is 2.13. The minimum absolute atomic E-state index is 0. The van der Waals surface area contributed by atoms with Gasteiger partial charge in [0.05, 0.1) is 39.5 Å². The van der Waals surface area contributed by atoms with E-state index in [-0.39, 0.29) is 24.0 Å². The van der Waals surface area contributed by atoms with Crippen molar-refractivity contribution in [1.82, 2.24) is 10.6 Å². The molecule has 0 aliphatic carbocycles. The van der Waals surface area contributed by atoms with Gasteiger partial charge in [0.1, 0.15) is 0 Å². The fraction of sp³-hybridized carbons (Fsp3) is 0.333. The maximum Gasteiger partial charge on any atom is 0.203 e. The van der Waals surface area contributed by atoms with E-state index in [9.17, 15) is 0 Å². The molecule has 7 nitrogen and oxygen atoms in total. The van der Waals surface area contributed by atoms with E-state index in [4.69, 9.17) is 19.5 Å². The topological polar surface area (TPSA) is 87.9 Å². The Labute approximate surface area is 189 Å². The number of benzene rings is 2. The predicted octanol–water partition coefficient (Wildman–Crippen LogP) is 3.46. The third-order valence-corrected chi connectivity index (χ3v) is 4.00. The molecule has 2 N–H and O–H groups in total. The van der Waals surface area contributed by atoms with E-state index in [0.717, 1.165) is 17.7 Å². The van der Waals surface area contributed by atoms with Gasteiger partial charge in [0.25, 0.3) is 0 Å². The van der Waals surface area contributed by atoms with Gasteiger partial charge in [-0.15, -0.1) is 24.0 Å². The van der Waals surface area contributed by atoms with Crippen molar-refractivity contribution < 1.29 is 14.2 Å². The zero-order chi connectivity index (χ0) is 20.4. The van der Waals surface area contributed by atoms with Crippen molar-refractivity contribution in [3.8, 4) is 23.3 Å². The Balaban J connectivity index is 0.00000420. The quantitative estimate of drug-likeness (QED) is 0.322. The SMILES string of the molecule is CCNC(=NCc1cc(OC)c(OC)c(OC)c1)NCc1cccc(C#N)c1.I. The molecule has 0 bridgehead atoms. The average molecular weight is 510 g/mol. The maximum absolute atomic E-state index is 9.02. The Morgan fingerprint density at radius 2 is 1.69 bits per heavy atom. The van der Waals surface area contributed by atoms with Crippen LogP contribution in [0.5, 0.6) is 17.2 Å². The van der Waals surface area contributed by atoms with Crippen molar-refractivity contribution in [2.45, 2.75) is 20.0 Å². The van der Waals surface area contributed by atoms with Crippen molar-refractivity contribution in [1.29, 1.82) is 5.26 Å². The summed E-state index contributed by atoms with van der Waals surface area (Å²) in [7, 11) is 4.75. The molecule has 0 aliphatic rings. The van der Waals surface area contributed by atoms with E-state index < -0.39 is 0 Å². The average Bonchev–Trinajstić information content (AvgIpc) is 2.74. The Hall–Kier alpha value is -2.67. The normalized spacial score (nSPS) is 10.4. The van der Waals surface area contributed by atoms with E-state index in [0.29, 0.717) is 41.9 Å². The second-order valence-electron chi connectivity index (χ2n) is 5.89. The standard InChI is InChI=1S/C21H26N4O3.HI/c1-5-23-21(24-13-16-8-6-7-15(9-16)12-22)25-14-17-10-18(26-2)20(28-4)19(11-17)27-3;/h6-11H,5,13-14H2,1-4H3,(H2,23,24,25);1H. The van der Waals surface area contributed by atoms with Crippen molar-refractivity contribution in [2.24, 2.45) is 4.99 Å². The van der Waals surface area contributed by atoms with Gasteiger partial charge < -0.3 is 24.8 Å². The third kappa shape index (κ3) is 7.02. The van der Waals surface area contributed by atoms with Crippen LogP contribution in [0.1, 0.15) is 23.6 Å². The molecular formula is C21H27IN4O3. The lowest BCUT2D eigenvalue weighted by molar-refractivity contribution is 0.324. The van der Waals surface area contributed by atoms with Crippen molar-refractivity contribution in [2.75, 3.05) is 27.9 Å². The number of aliphatic imine (C=N–C) groups is 1. The Morgan fingerprint density at radius 3 is 2.24 bits per heavy atom. The van der Waals surface area contributed by atoms with Gasteiger partial charge in [-0.05, 0) is 42.3 Å². The molecule has 0 unspecified atom stereocenters. The summed E-state index contributed by atoms with van der Waals surface area (Å²) in [6, 6.07) is 13.4. The molecule has 0 radical (unpaired) electrons. The highest BCUT2D eigenvalue weighted by molar-refractivity contribution is 14.0. The molecule has 8 heteroatoms. The van der Waals surface area contributed by atoms with E-state index >= 15 is 0 Å². The molecule has 2 aromatic rings.